The highest BCUT2D eigenvalue weighted by atomic mass is 127. The Bertz CT molecular complexity index is 335. The van der Waals surface area contributed by atoms with Crippen molar-refractivity contribution in [3.8, 4) is 0 Å². The van der Waals surface area contributed by atoms with Crippen LogP contribution in [-0.4, -0.2) is 10.1 Å². The molecule has 0 fully saturated rings. The van der Waals surface area contributed by atoms with Gasteiger partial charge in [0.2, 0.25) is 0 Å². The minimum absolute atomic E-state index is 0.00236. The molecular weight excluding hydrogens is 326 g/mol. The van der Waals surface area contributed by atoms with Crippen LogP contribution in [-0.2, 0) is 12.5 Å². The van der Waals surface area contributed by atoms with Crippen molar-refractivity contribution in [2.45, 2.75) is 18.9 Å². The average Bonchev–Trinajstić information content (AvgIpc) is 2.15. The summed E-state index contributed by atoms with van der Waals surface area (Å²) in [6.45, 7) is -0.500. The van der Waals surface area contributed by atoms with Gasteiger partial charge in [-0.25, -0.2) is 8.78 Å². The Morgan fingerprint density at radius 2 is 2.21 bits per heavy atom. The van der Waals surface area contributed by atoms with Crippen molar-refractivity contribution in [1.82, 2.24) is 4.98 Å². The summed E-state index contributed by atoms with van der Waals surface area (Å²) in [5.74, 6) is 0.145. The van der Waals surface area contributed by atoms with Gasteiger partial charge in [-0.15, -0.1) is 11.6 Å². The maximum atomic E-state index is 12.5. The molecule has 0 amide bonds. The van der Waals surface area contributed by atoms with Crippen molar-refractivity contribution < 1.29 is 13.9 Å². The van der Waals surface area contributed by atoms with Crippen molar-refractivity contribution >= 4 is 34.2 Å². The fourth-order valence-corrected chi connectivity index (χ4v) is 2.09. The van der Waals surface area contributed by atoms with E-state index in [0.29, 0.717) is 9.26 Å². The van der Waals surface area contributed by atoms with Crippen LogP contribution in [0.15, 0.2) is 6.07 Å². The Kier molecular flexibility index (Phi) is 4.46. The molecule has 78 valence electrons. The number of aliphatic hydroxyl groups excluding tert-OH is 1. The molecule has 1 heterocycles. The van der Waals surface area contributed by atoms with Crippen molar-refractivity contribution in [2.75, 3.05) is 0 Å². The predicted octanol–water partition coefficient (Wildman–Crippen LogP) is 2.85. The molecule has 0 aromatic carbocycles. The number of aromatic nitrogens is 1. The number of pyridine rings is 1. The van der Waals surface area contributed by atoms with Gasteiger partial charge in [0, 0.05) is 3.57 Å². The first-order chi connectivity index (χ1) is 6.60. The second kappa shape index (κ2) is 5.18. The summed E-state index contributed by atoms with van der Waals surface area (Å²) in [5, 5.41) is 8.87. The first kappa shape index (κ1) is 12.1. The predicted molar refractivity (Wildman–Crippen MR) is 57.4 cm³/mol. The van der Waals surface area contributed by atoms with Gasteiger partial charge in [0.25, 0.3) is 6.43 Å². The zero-order valence-electron chi connectivity index (χ0n) is 6.98. The van der Waals surface area contributed by atoms with Gasteiger partial charge in [0.15, 0.2) is 0 Å². The summed E-state index contributed by atoms with van der Waals surface area (Å²) in [6, 6.07) is 1.49. The third-order valence-corrected chi connectivity index (χ3v) is 2.81. The fourth-order valence-electron chi connectivity index (χ4n) is 1.05. The fraction of sp³-hybridized carbons (Fsp3) is 0.375. The van der Waals surface area contributed by atoms with E-state index < -0.39 is 13.0 Å². The van der Waals surface area contributed by atoms with E-state index in [0.717, 1.165) is 0 Å². The highest BCUT2D eigenvalue weighted by Crippen LogP contribution is 2.28. The summed E-state index contributed by atoms with van der Waals surface area (Å²) in [4.78, 5) is 3.83. The second-order valence-corrected chi connectivity index (χ2v) is 3.98. The summed E-state index contributed by atoms with van der Waals surface area (Å²) >= 11 is 7.31. The third kappa shape index (κ3) is 2.52. The number of rotatable bonds is 3. The normalized spacial score (nSPS) is 11.0. The van der Waals surface area contributed by atoms with Gasteiger partial charge in [-0.2, -0.15) is 0 Å². The van der Waals surface area contributed by atoms with E-state index in [2.05, 4.69) is 4.98 Å². The van der Waals surface area contributed by atoms with Crippen molar-refractivity contribution in [3.05, 3.63) is 26.6 Å². The molecule has 1 rings (SSSR count). The molecule has 0 radical (unpaired) electrons. The largest absolute Gasteiger partial charge is 0.390 e. The van der Waals surface area contributed by atoms with Crippen LogP contribution >= 0.6 is 34.2 Å². The molecule has 0 bridgehead atoms. The molecular formula is C8H7ClF2INO. The molecule has 0 spiro atoms. The molecule has 0 aliphatic heterocycles. The molecule has 2 nitrogen and oxygen atoms in total. The van der Waals surface area contributed by atoms with Crippen LogP contribution in [0.5, 0.6) is 0 Å². The molecule has 0 aliphatic carbocycles. The standard InChI is InChI=1S/C8H7ClF2INO/c9-2-4-1-5(12)7(8(10)11)6(3-14)13-4/h1,8,14H,2-3H2. The first-order valence-corrected chi connectivity index (χ1v) is 5.34. The summed E-state index contributed by atoms with van der Waals surface area (Å²) < 4.78 is 25.4. The van der Waals surface area contributed by atoms with Crippen molar-refractivity contribution in [3.63, 3.8) is 0 Å². The van der Waals surface area contributed by atoms with Crippen LogP contribution < -0.4 is 0 Å². The highest BCUT2D eigenvalue weighted by molar-refractivity contribution is 14.1. The van der Waals surface area contributed by atoms with Gasteiger partial charge in [-0.1, -0.05) is 0 Å². The van der Waals surface area contributed by atoms with Gasteiger partial charge >= 0.3 is 0 Å². The minimum atomic E-state index is -2.62. The number of aliphatic hydroxyl groups is 1. The minimum Gasteiger partial charge on any atom is -0.390 e. The van der Waals surface area contributed by atoms with Crippen LogP contribution in [0.25, 0.3) is 0 Å². The van der Waals surface area contributed by atoms with Crippen LogP contribution in [0, 0.1) is 3.57 Å². The molecule has 6 heteroatoms. The van der Waals surface area contributed by atoms with E-state index in [1.165, 1.54) is 6.07 Å². The van der Waals surface area contributed by atoms with E-state index >= 15 is 0 Å². The Labute approximate surface area is 98.4 Å². The maximum Gasteiger partial charge on any atom is 0.266 e. The van der Waals surface area contributed by atoms with Gasteiger partial charge in [-0.3, -0.25) is 4.98 Å². The Morgan fingerprint density at radius 3 is 2.64 bits per heavy atom. The zero-order valence-corrected chi connectivity index (χ0v) is 9.89. The van der Waals surface area contributed by atoms with E-state index in [1.807, 2.05) is 0 Å². The van der Waals surface area contributed by atoms with Crippen molar-refractivity contribution in [2.24, 2.45) is 0 Å². The summed E-state index contributed by atoms with van der Waals surface area (Å²) in [6.07, 6.45) is -2.62. The lowest BCUT2D eigenvalue weighted by Gasteiger charge is -2.09. The van der Waals surface area contributed by atoms with Crippen LogP contribution in [0.4, 0.5) is 8.78 Å². The summed E-state index contributed by atoms with van der Waals surface area (Å²) in [7, 11) is 0. The second-order valence-electron chi connectivity index (χ2n) is 2.55. The SMILES string of the molecule is OCc1nc(CCl)cc(I)c1C(F)F. The van der Waals surface area contributed by atoms with Gasteiger partial charge in [0.05, 0.1) is 29.4 Å². The molecule has 1 aromatic heterocycles. The molecule has 0 saturated carbocycles. The first-order valence-electron chi connectivity index (χ1n) is 3.73. The third-order valence-electron chi connectivity index (χ3n) is 1.65. The number of nitrogens with zero attached hydrogens (tertiary/aromatic N) is 1. The lowest BCUT2D eigenvalue weighted by molar-refractivity contribution is 0.145. The average molecular weight is 334 g/mol. The van der Waals surface area contributed by atoms with E-state index in [9.17, 15) is 8.78 Å². The number of hydrogen-bond acceptors (Lipinski definition) is 2. The number of hydrogen-bond donors (Lipinski definition) is 1. The van der Waals surface area contributed by atoms with E-state index in [-0.39, 0.29) is 17.1 Å². The van der Waals surface area contributed by atoms with E-state index in [4.69, 9.17) is 16.7 Å². The van der Waals surface area contributed by atoms with Crippen molar-refractivity contribution in [1.29, 1.82) is 0 Å². The zero-order chi connectivity index (χ0) is 10.7. The van der Waals surface area contributed by atoms with Crippen LogP contribution in [0.1, 0.15) is 23.4 Å². The lowest BCUT2D eigenvalue weighted by atomic mass is 10.2. The summed E-state index contributed by atoms with van der Waals surface area (Å²) in [5.41, 5.74) is 0.286. The Hall–Kier alpha value is -0.0100. The molecule has 0 atom stereocenters. The Morgan fingerprint density at radius 1 is 1.57 bits per heavy atom. The van der Waals surface area contributed by atoms with Crippen LogP contribution in [0.3, 0.4) is 0 Å². The molecule has 1 aromatic rings. The smallest absolute Gasteiger partial charge is 0.266 e. The van der Waals surface area contributed by atoms with Crippen LogP contribution in [0.2, 0.25) is 0 Å². The highest BCUT2D eigenvalue weighted by Gasteiger charge is 2.18. The molecule has 0 unspecified atom stereocenters. The van der Waals surface area contributed by atoms with Gasteiger partial charge < -0.3 is 5.11 Å². The van der Waals surface area contributed by atoms with E-state index in [1.54, 1.807) is 22.6 Å². The number of alkyl halides is 3. The topological polar surface area (TPSA) is 33.1 Å². The maximum absolute atomic E-state index is 12.5. The van der Waals surface area contributed by atoms with Gasteiger partial charge in [0.1, 0.15) is 0 Å². The molecule has 0 aliphatic rings. The molecule has 14 heavy (non-hydrogen) atoms. The molecule has 1 N–H and O–H groups in total. The lowest BCUT2D eigenvalue weighted by Crippen LogP contribution is -2.04. The Balaban J connectivity index is 3.27. The van der Waals surface area contributed by atoms with Gasteiger partial charge in [-0.05, 0) is 28.7 Å². The monoisotopic (exact) mass is 333 g/mol. The number of halogens is 4. The quantitative estimate of drug-likeness (QED) is 0.681. The molecule has 0 saturated heterocycles.